The highest BCUT2D eigenvalue weighted by atomic mass is 32.2. The Bertz CT molecular complexity index is 596. The summed E-state index contributed by atoms with van der Waals surface area (Å²) in [6.45, 7) is 2.28. The maximum atomic E-state index is 13.3. The number of ketones is 1. The van der Waals surface area contributed by atoms with Crippen LogP contribution < -0.4 is 4.74 Å². The lowest BCUT2D eigenvalue weighted by molar-refractivity contribution is 0.0988. The minimum Gasteiger partial charge on any atom is -0.490 e. The number of carbonyl (C=O) groups is 1. The van der Waals surface area contributed by atoms with Crippen LogP contribution in [0.5, 0.6) is 5.75 Å². The number of benzene rings is 2. The summed E-state index contributed by atoms with van der Waals surface area (Å²) in [7, 11) is 0. The third-order valence-electron chi connectivity index (χ3n) is 2.94. The fraction of sp³-hybridized carbons (Fsp3) is 0.235. The number of rotatable bonds is 7. The topological polar surface area (TPSA) is 26.3 Å². The molecule has 0 amide bonds. The molecular weight excluding hydrogens is 287 g/mol. The molecule has 0 heterocycles. The molecule has 2 rings (SSSR count). The SMILES string of the molecule is CCC(=O)c1ccc(SCCOc2ccccc2F)cc1. The number of hydrogen-bond acceptors (Lipinski definition) is 3. The second kappa shape index (κ2) is 7.84. The van der Waals surface area contributed by atoms with Crippen LogP contribution >= 0.6 is 11.8 Å². The van der Waals surface area contributed by atoms with Gasteiger partial charge in [0, 0.05) is 22.6 Å². The Morgan fingerprint density at radius 1 is 1.14 bits per heavy atom. The van der Waals surface area contributed by atoms with Crippen molar-refractivity contribution < 1.29 is 13.9 Å². The molecule has 0 aliphatic rings. The lowest BCUT2D eigenvalue weighted by Gasteiger charge is -2.07. The van der Waals surface area contributed by atoms with Gasteiger partial charge in [-0.15, -0.1) is 11.8 Å². The van der Waals surface area contributed by atoms with E-state index in [1.807, 2.05) is 31.2 Å². The zero-order chi connectivity index (χ0) is 15.1. The molecule has 0 unspecified atom stereocenters. The molecule has 0 aromatic heterocycles. The van der Waals surface area contributed by atoms with Crippen molar-refractivity contribution in [1.29, 1.82) is 0 Å². The summed E-state index contributed by atoms with van der Waals surface area (Å²) < 4.78 is 18.7. The molecule has 0 saturated carbocycles. The quantitative estimate of drug-likeness (QED) is 0.425. The molecule has 2 nitrogen and oxygen atoms in total. The van der Waals surface area contributed by atoms with Gasteiger partial charge in [0.1, 0.15) is 0 Å². The second-order valence-electron chi connectivity index (χ2n) is 4.43. The molecule has 110 valence electrons. The van der Waals surface area contributed by atoms with Gasteiger partial charge in [0.2, 0.25) is 0 Å². The Kier molecular flexibility index (Phi) is 5.81. The lowest BCUT2D eigenvalue weighted by atomic mass is 10.1. The lowest BCUT2D eigenvalue weighted by Crippen LogP contribution is -2.01. The normalized spacial score (nSPS) is 10.4. The molecule has 0 bridgehead atoms. The van der Waals surface area contributed by atoms with Gasteiger partial charge in [0.25, 0.3) is 0 Å². The van der Waals surface area contributed by atoms with Gasteiger partial charge in [-0.25, -0.2) is 4.39 Å². The molecule has 2 aromatic carbocycles. The number of carbonyl (C=O) groups excluding carboxylic acids is 1. The molecule has 4 heteroatoms. The summed E-state index contributed by atoms with van der Waals surface area (Å²) in [5, 5.41) is 0. The summed E-state index contributed by atoms with van der Waals surface area (Å²) in [5.74, 6) is 0.802. The van der Waals surface area contributed by atoms with Crippen LogP contribution in [0.4, 0.5) is 4.39 Å². The van der Waals surface area contributed by atoms with E-state index in [0.717, 1.165) is 16.2 Å². The average Bonchev–Trinajstić information content (AvgIpc) is 2.53. The molecule has 0 atom stereocenters. The summed E-state index contributed by atoms with van der Waals surface area (Å²) >= 11 is 1.61. The van der Waals surface area contributed by atoms with Gasteiger partial charge in [-0.2, -0.15) is 0 Å². The van der Waals surface area contributed by atoms with Gasteiger partial charge in [-0.05, 0) is 24.3 Å². The van der Waals surface area contributed by atoms with Crippen molar-refractivity contribution in [2.45, 2.75) is 18.2 Å². The van der Waals surface area contributed by atoms with Crippen LogP contribution in [0.25, 0.3) is 0 Å². The van der Waals surface area contributed by atoms with Crippen molar-refractivity contribution in [3.05, 3.63) is 59.9 Å². The number of para-hydroxylation sites is 1. The monoisotopic (exact) mass is 304 g/mol. The van der Waals surface area contributed by atoms with Crippen LogP contribution in [0, 0.1) is 5.82 Å². The summed E-state index contributed by atoms with van der Waals surface area (Å²) in [4.78, 5) is 12.6. The van der Waals surface area contributed by atoms with Crippen LogP contribution in [0.1, 0.15) is 23.7 Å². The first kappa shape index (κ1) is 15.6. The smallest absolute Gasteiger partial charge is 0.165 e. The summed E-state index contributed by atoms with van der Waals surface area (Å²) in [5.41, 5.74) is 0.740. The van der Waals surface area contributed by atoms with E-state index in [9.17, 15) is 9.18 Å². The highest BCUT2D eigenvalue weighted by molar-refractivity contribution is 7.99. The zero-order valence-electron chi connectivity index (χ0n) is 11.8. The highest BCUT2D eigenvalue weighted by Crippen LogP contribution is 2.20. The number of Topliss-reactive ketones (excluding diaryl/α,β-unsaturated/α-hetero) is 1. The van der Waals surface area contributed by atoms with E-state index in [1.54, 1.807) is 30.0 Å². The van der Waals surface area contributed by atoms with Gasteiger partial charge in [-0.1, -0.05) is 31.2 Å². The van der Waals surface area contributed by atoms with Crippen LogP contribution in [-0.2, 0) is 0 Å². The fourth-order valence-corrected chi connectivity index (χ4v) is 2.55. The van der Waals surface area contributed by atoms with E-state index in [0.29, 0.717) is 13.0 Å². The fourth-order valence-electron chi connectivity index (χ4n) is 1.81. The molecule has 0 saturated heterocycles. The van der Waals surface area contributed by atoms with Gasteiger partial charge < -0.3 is 4.74 Å². The van der Waals surface area contributed by atoms with Gasteiger partial charge in [0.05, 0.1) is 6.61 Å². The molecule has 2 aromatic rings. The van der Waals surface area contributed by atoms with Crippen molar-refractivity contribution in [2.24, 2.45) is 0 Å². The zero-order valence-corrected chi connectivity index (χ0v) is 12.7. The first-order valence-electron chi connectivity index (χ1n) is 6.84. The highest BCUT2D eigenvalue weighted by Gasteiger charge is 2.03. The van der Waals surface area contributed by atoms with Crippen molar-refractivity contribution in [3.8, 4) is 5.75 Å². The van der Waals surface area contributed by atoms with Crippen molar-refractivity contribution in [3.63, 3.8) is 0 Å². The summed E-state index contributed by atoms with van der Waals surface area (Å²) in [6.07, 6.45) is 0.517. The minimum atomic E-state index is -0.343. The third kappa shape index (κ3) is 4.60. The van der Waals surface area contributed by atoms with Gasteiger partial charge in [-0.3, -0.25) is 4.79 Å². The Labute approximate surface area is 128 Å². The molecule has 0 N–H and O–H groups in total. The van der Waals surface area contributed by atoms with E-state index in [-0.39, 0.29) is 17.3 Å². The largest absolute Gasteiger partial charge is 0.490 e. The van der Waals surface area contributed by atoms with Crippen molar-refractivity contribution in [1.82, 2.24) is 0 Å². The van der Waals surface area contributed by atoms with Gasteiger partial charge >= 0.3 is 0 Å². The Hall–Kier alpha value is -1.81. The standard InChI is InChI=1S/C17H17FO2S/c1-2-16(19)13-7-9-14(10-8-13)21-12-11-20-17-6-4-3-5-15(17)18/h3-10H,2,11-12H2,1H3. The first-order chi connectivity index (χ1) is 10.2. The molecule has 0 spiro atoms. The molecule has 0 aliphatic heterocycles. The predicted octanol–water partition coefficient (Wildman–Crippen LogP) is 4.59. The number of thioether (sulfide) groups is 1. The Morgan fingerprint density at radius 3 is 2.52 bits per heavy atom. The summed E-state index contributed by atoms with van der Waals surface area (Å²) in [6, 6.07) is 13.9. The Morgan fingerprint density at radius 2 is 1.86 bits per heavy atom. The van der Waals surface area contributed by atoms with Crippen LogP contribution in [0.15, 0.2) is 53.4 Å². The molecule has 0 aliphatic carbocycles. The van der Waals surface area contributed by atoms with E-state index in [2.05, 4.69) is 0 Å². The molecule has 0 radical (unpaired) electrons. The van der Waals surface area contributed by atoms with E-state index in [4.69, 9.17) is 4.74 Å². The van der Waals surface area contributed by atoms with Crippen LogP contribution in [-0.4, -0.2) is 18.1 Å². The van der Waals surface area contributed by atoms with Gasteiger partial charge in [0.15, 0.2) is 17.3 Å². The second-order valence-corrected chi connectivity index (χ2v) is 5.60. The van der Waals surface area contributed by atoms with E-state index in [1.165, 1.54) is 6.07 Å². The number of ether oxygens (including phenoxy) is 1. The predicted molar refractivity (Wildman–Crippen MR) is 83.7 cm³/mol. The van der Waals surface area contributed by atoms with Crippen LogP contribution in [0.3, 0.4) is 0 Å². The first-order valence-corrected chi connectivity index (χ1v) is 7.82. The average molecular weight is 304 g/mol. The van der Waals surface area contributed by atoms with Crippen molar-refractivity contribution in [2.75, 3.05) is 12.4 Å². The number of halogens is 1. The molecule has 0 fully saturated rings. The maximum absolute atomic E-state index is 13.3. The Balaban J connectivity index is 1.79. The minimum absolute atomic E-state index is 0.148. The third-order valence-corrected chi connectivity index (χ3v) is 3.92. The maximum Gasteiger partial charge on any atom is 0.165 e. The van der Waals surface area contributed by atoms with Crippen LogP contribution in [0.2, 0.25) is 0 Å². The van der Waals surface area contributed by atoms with Crippen molar-refractivity contribution >= 4 is 17.5 Å². The molecule has 21 heavy (non-hydrogen) atoms. The van der Waals surface area contributed by atoms with E-state index >= 15 is 0 Å². The number of hydrogen-bond donors (Lipinski definition) is 0. The molecular formula is C17H17FO2S. The van der Waals surface area contributed by atoms with E-state index < -0.39 is 0 Å².